The van der Waals surface area contributed by atoms with Crippen molar-refractivity contribution in [2.45, 2.75) is 25.8 Å². The summed E-state index contributed by atoms with van der Waals surface area (Å²) >= 11 is 6.34. The topological polar surface area (TPSA) is 93.3 Å². The van der Waals surface area contributed by atoms with Gasteiger partial charge in [-0.1, -0.05) is 42.8 Å². The maximum atomic E-state index is 13.6. The molecule has 3 aromatic carbocycles. The Morgan fingerprint density at radius 1 is 1.07 bits per heavy atom. The lowest BCUT2D eigenvalue weighted by atomic mass is 9.91. The van der Waals surface area contributed by atoms with Crippen molar-refractivity contribution in [3.8, 4) is 11.5 Å². The fourth-order valence-electron chi connectivity index (χ4n) is 5.58. The molecule has 3 heterocycles. The molecule has 1 amide bonds. The fourth-order valence-corrected chi connectivity index (χ4v) is 5.75. The number of amides is 1. The van der Waals surface area contributed by atoms with Gasteiger partial charge in [0.2, 0.25) is 0 Å². The number of hydrogen-bond donors (Lipinski definition) is 2. The third-order valence-electron chi connectivity index (χ3n) is 7.92. The number of ether oxygens (including phenoxy) is 4. The van der Waals surface area contributed by atoms with Crippen molar-refractivity contribution >= 4 is 28.6 Å². The van der Waals surface area contributed by atoms with Gasteiger partial charge in [0, 0.05) is 28.2 Å². The normalized spacial score (nSPS) is 18.2. The van der Waals surface area contributed by atoms with E-state index < -0.39 is 17.6 Å². The molecule has 6 rings (SSSR count). The van der Waals surface area contributed by atoms with Gasteiger partial charge in [-0.2, -0.15) is 0 Å². The Bertz CT molecular complexity index is 1510. The third-order valence-corrected chi connectivity index (χ3v) is 8.15. The number of aromatic nitrogens is 1. The van der Waals surface area contributed by atoms with Gasteiger partial charge in [-0.15, -0.1) is 0 Å². The molecule has 8 nitrogen and oxygen atoms in total. The molecule has 0 aliphatic carbocycles. The molecule has 0 unspecified atom stereocenters. The Kier molecular flexibility index (Phi) is 7.90. The summed E-state index contributed by atoms with van der Waals surface area (Å²) in [4.78, 5) is 18.9. The number of hydrogen-bond acceptors (Lipinski definition) is 6. The van der Waals surface area contributed by atoms with E-state index in [4.69, 9.17) is 30.5 Å². The van der Waals surface area contributed by atoms with Crippen LogP contribution in [0.25, 0.3) is 10.9 Å². The second-order valence-electron chi connectivity index (χ2n) is 10.7. The van der Waals surface area contributed by atoms with Crippen molar-refractivity contribution in [2.24, 2.45) is 5.41 Å². The fraction of sp³-hybridized carbons (Fsp3) is 0.344. The third kappa shape index (κ3) is 5.65. The molecular weight excluding hydrogens is 544 g/mol. The van der Waals surface area contributed by atoms with E-state index in [9.17, 15) is 9.90 Å². The minimum Gasteiger partial charge on any atom is -0.493 e. The summed E-state index contributed by atoms with van der Waals surface area (Å²) in [5, 5.41) is 11.6. The van der Waals surface area contributed by atoms with E-state index in [1.165, 1.54) is 5.56 Å². The van der Waals surface area contributed by atoms with Crippen LogP contribution in [-0.2, 0) is 22.3 Å². The van der Waals surface area contributed by atoms with Gasteiger partial charge < -0.3 is 29.0 Å². The number of aryl methyl sites for hydroxylation is 1. The van der Waals surface area contributed by atoms with Crippen molar-refractivity contribution in [1.82, 2.24) is 9.88 Å². The summed E-state index contributed by atoms with van der Waals surface area (Å²) in [7, 11) is 0. The molecular formula is C32H33ClN2O6. The number of benzene rings is 3. The van der Waals surface area contributed by atoms with Gasteiger partial charge in [-0.25, -0.2) is 4.79 Å². The average molecular weight is 577 g/mol. The van der Waals surface area contributed by atoms with Crippen LogP contribution in [-0.4, -0.2) is 60.8 Å². The minimum absolute atomic E-state index is 0.0986. The van der Waals surface area contributed by atoms with Gasteiger partial charge in [-0.3, -0.25) is 4.90 Å². The Labute approximate surface area is 243 Å². The summed E-state index contributed by atoms with van der Waals surface area (Å²) in [6.45, 7) is 3.70. The minimum atomic E-state index is -0.600. The molecule has 1 saturated heterocycles. The summed E-state index contributed by atoms with van der Waals surface area (Å²) in [6.07, 6.45) is 1.17. The Hall–Kier alpha value is -3.56. The van der Waals surface area contributed by atoms with Crippen LogP contribution in [0.1, 0.15) is 35.3 Å². The number of carbonyl (C=O) groups is 1. The van der Waals surface area contributed by atoms with Crippen molar-refractivity contribution in [1.29, 1.82) is 0 Å². The number of carbonyl (C=O) groups excluding carboxylic acids is 1. The molecule has 0 saturated carbocycles. The molecule has 1 fully saturated rings. The number of nitrogens with zero attached hydrogens (tertiary/aromatic N) is 1. The molecule has 0 radical (unpaired) electrons. The second-order valence-corrected chi connectivity index (χ2v) is 11.2. The van der Waals surface area contributed by atoms with Crippen LogP contribution in [0.5, 0.6) is 11.5 Å². The number of aliphatic hydroxyl groups excluding tert-OH is 1. The molecule has 1 atom stereocenters. The molecule has 0 bridgehead atoms. The van der Waals surface area contributed by atoms with Crippen molar-refractivity contribution in [3.05, 3.63) is 94.1 Å². The molecule has 214 valence electrons. The summed E-state index contributed by atoms with van der Waals surface area (Å²) in [6, 6.07) is 20.7. The first-order valence-electron chi connectivity index (χ1n) is 13.8. The molecule has 41 heavy (non-hydrogen) atoms. The second kappa shape index (κ2) is 11.7. The summed E-state index contributed by atoms with van der Waals surface area (Å²) in [5.74, 6) is 1.16. The maximum absolute atomic E-state index is 13.6. The van der Waals surface area contributed by atoms with Gasteiger partial charge in [0.25, 0.3) is 0 Å². The van der Waals surface area contributed by atoms with E-state index in [-0.39, 0.29) is 20.0 Å². The summed E-state index contributed by atoms with van der Waals surface area (Å²) in [5.41, 5.74) is 4.55. The van der Waals surface area contributed by atoms with Gasteiger partial charge in [0.15, 0.2) is 0 Å². The van der Waals surface area contributed by atoms with Crippen LogP contribution in [0.2, 0.25) is 5.02 Å². The number of rotatable bonds is 7. The summed E-state index contributed by atoms with van der Waals surface area (Å²) < 4.78 is 22.7. The number of H-pyrrole nitrogens is 1. The largest absolute Gasteiger partial charge is 0.493 e. The lowest BCUT2D eigenvalue weighted by Crippen LogP contribution is -2.45. The SMILES string of the molecule is CCc1ccc(OC(=O)N2CCc3c([nH]c4ccc(Cl)cc34)[C@@H]2c2ccc(OCC3(CO)COCOC3)cc2)cc1. The number of halogens is 1. The molecule has 2 aliphatic heterocycles. The van der Waals surface area contributed by atoms with Crippen molar-refractivity contribution < 1.29 is 28.8 Å². The molecule has 2 aliphatic rings. The van der Waals surface area contributed by atoms with Crippen LogP contribution >= 0.6 is 11.6 Å². The Morgan fingerprint density at radius 3 is 2.51 bits per heavy atom. The number of fused-ring (bicyclic) bond motifs is 3. The van der Waals surface area contributed by atoms with E-state index in [1.54, 1.807) is 4.90 Å². The Balaban J connectivity index is 1.29. The lowest BCUT2D eigenvalue weighted by molar-refractivity contribution is -0.184. The van der Waals surface area contributed by atoms with Crippen LogP contribution in [0.4, 0.5) is 4.79 Å². The monoisotopic (exact) mass is 576 g/mol. The van der Waals surface area contributed by atoms with Crippen molar-refractivity contribution in [3.63, 3.8) is 0 Å². The van der Waals surface area contributed by atoms with E-state index in [0.717, 1.165) is 34.1 Å². The zero-order chi connectivity index (χ0) is 28.4. The molecule has 0 spiro atoms. The van der Waals surface area contributed by atoms with Crippen LogP contribution in [0.3, 0.4) is 0 Å². The Morgan fingerprint density at radius 2 is 1.80 bits per heavy atom. The van der Waals surface area contributed by atoms with Gasteiger partial charge >= 0.3 is 6.09 Å². The lowest BCUT2D eigenvalue weighted by Gasteiger charge is -2.35. The van der Waals surface area contributed by atoms with Gasteiger partial charge in [-0.05, 0) is 72.0 Å². The number of aromatic amines is 1. The van der Waals surface area contributed by atoms with E-state index in [2.05, 4.69) is 11.9 Å². The average Bonchev–Trinajstić information content (AvgIpc) is 3.38. The quantitative estimate of drug-likeness (QED) is 0.285. The standard InChI is InChI=1S/C32H33ClN2O6/c1-2-21-3-8-25(9-4-21)41-31(37)35-14-13-26-27-15-23(33)7-12-28(27)34-29(26)30(35)22-5-10-24(11-6-22)40-19-32(16-36)17-38-20-39-18-32/h3-12,15,30,34,36H,2,13-14,16-20H2,1H3/t30-/m0/s1. The van der Waals surface area contributed by atoms with Gasteiger partial charge in [0.05, 0.1) is 25.2 Å². The molecule has 9 heteroatoms. The molecule has 4 aromatic rings. The number of aliphatic hydroxyl groups is 1. The predicted octanol–water partition coefficient (Wildman–Crippen LogP) is 5.89. The van der Waals surface area contributed by atoms with Gasteiger partial charge in [0.1, 0.15) is 30.9 Å². The van der Waals surface area contributed by atoms with E-state index >= 15 is 0 Å². The first kappa shape index (κ1) is 27.6. The highest BCUT2D eigenvalue weighted by molar-refractivity contribution is 6.31. The highest BCUT2D eigenvalue weighted by Gasteiger charge is 2.37. The maximum Gasteiger partial charge on any atom is 0.416 e. The van der Waals surface area contributed by atoms with Crippen LogP contribution in [0.15, 0.2) is 66.7 Å². The van der Waals surface area contributed by atoms with E-state index in [1.807, 2.05) is 66.7 Å². The van der Waals surface area contributed by atoms with Crippen LogP contribution in [0, 0.1) is 5.41 Å². The first-order chi connectivity index (χ1) is 20.0. The van der Waals surface area contributed by atoms with E-state index in [0.29, 0.717) is 42.7 Å². The van der Waals surface area contributed by atoms with Crippen molar-refractivity contribution in [2.75, 3.05) is 39.8 Å². The highest BCUT2D eigenvalue weighted by Crippen LogP contribution is 2.40. The molecule has 2 N–H and O–H groups in total. The molecule has 1 aromatic heterocycles. The van der Waals surface area contributed by atoms with Crippen LogP contribution < -0.4 is 9.47 Å². The predicted molar refractivity (Wildman–Crippen MR) is 156 cm³/mol. The zero-order valence-electron chi connectivity index (χ0n) is 22.9. The zero-order valence-corrected chi connectivity index (χ0v) is 23.7. The number of nitrogens with one attached hydrogen (secondary N) is 1. The smallest absolute Gasteiger partial charge is 0.416 e. The first-order valence-corrected chi connectivity index (χ1v) is 14.2. The highest BCUT2D eigenvalue weighted by atomic mass is 35.5.